The normalized spacial score (nSPS) is 33.6. The van der Waals surface area contributed by atoms with Crippen molar-refractivity contribution in [3.05, 3.63) is 0 Å². The fourth-order valence-corrected chi connectivity index (χ4v) is 2.87. The van der Waals surface area contributed by atoms with Crippen LogP contribution in [0.5, 0.6) is 0 Å². The van der Waals surface area contributed by atoms with Crippen LogP contribution in [0.3, 0.4) is 0 Å². The second-order valence-electron chi connectivity index (χ2n) is 5.81. The van der Waals surface area contributed by atoms with Crippen LogP contribution < -0.4 is 5.32 Å². The number of likely N-dealkylation sites (tertiary alicyclic amines) is 1. The molecule has 0 amide bonds. The molecule has 0 aromatic carbocycles. The Morgan fingerprint density at radius 3 is 2.47 bits per heavy atom. The average molecular weight is 210 g/mol. The maximum atomic E-state index is 3.47. The molecule has 2 fully saturated rings. The van der Waals surface area contributed by atoms with Gasteiger partial charge in [0.05, 0.1) is 0 Å². The fraction of sp³-hybridized carbons (Fsp3) is 1.00. The summed E-state index contributed by atoms with van der Waals surface area (Å²) in [6, 6.07) is 1.44. The van der Waals surface area contributed by atoms with Crippen molar-refractivity contribution in [3.63, 3.8) is 0 Å². The van der Waals surface area contributed by atoms with Crippen LogP contribution in [-0.4, -0.2) is 37.1 Å². The maximum Gasteiger partial charge on any atom is 0.0195 e. The minimum atomic E-state index is 0.711. The molecule has 1 saturated heterocycles. The highest BCUT2D eigenvalue weighted by Crippen LogP contribution is 2.37. The number of hydrogen-bond acceptors (Lipinski definition) is 2. The highest BCUT2D eigenvalue weighted by atomic mass is 15.2. The maximum absolute atomic E-state index is 3.47. The van der Waals surface area contributed by atoms with E-state index < -0.39 is 0 Å². The monoisotopic (exact) mass is 210 g/mol. The van der Waals surface area contributed by atoms with Gasteiger partial charge in [-0.1, -0.05) is 12.8 Å². The van der Waals surface area contributed by atoms with E-state index in [4.69, 9.17) is 0 Å². The molecule has 0 spiro atoms. The van der Waals surface area contributed by atoms with E-state index in [1.165, 1.54) is 38.8 Å². The van der Waals surface area contributed by atoms with Gasteiger partial charge in [-0.2, -0.15) is 0 Å². The zero-order valence-corrected chi connectivity index (χ0v) is 10.5. The SMILES string of the molecule is CNC1CC(CC2CC2)CN(C(C)C)C1. The average Bonchev–Trinajstić information content (AvgIpc) is 3.01. The first-order chi connectivity index (χ1) is 7.19. The Kier molecular flexibility index (Phi) is 3.68. The summed E-state index contributed by atoms with van der Waals surface area (Å²) in [6.07, 6.45) is 5.89. The van der Waals surface area contributed by atoms with Gasteiger partial charge in [-0.25, -0.2) is 0 Å². The lowest BCUT2D eigenvalue weighted by molar-refractivity contribution is 0.108. The van der Waals surface area contributed by atoms with Crippen LogP contribution in [0.4, 0.5) is 0 Å². The molecule has 2 nitrogen and oxygen atoms in total. The lowest BCUT2D eigenvalue weighted by Crippen LogP contribution is -2.50. The molecule has 1 N–H and O–H groups in total. The van der Waals surface area contributed by atoms with Crippen molar-refractivity contribution in [1.29, 1.82) is 0 Å². The van der Waals surface area contributed by atoms with Gasteiger partial charge in [-0.05, 0) is 45.6 Å². The summed E-state index contributed by atoms with van der Waals surface area (Å²) in [7, 11) is 2.11. The minimum Gasteiger partial charge on any atom is -0.316 e. The molecular formula is C13H26N2. The molecule has 0 radical (unpaired) electrons. The number of piperidine rings is 1. The summed E-state index contributed by atoms with van der Waals surface area (Å²) in [6.45, 7) is 7.24. The van der Waals surface area contributed by atoms with Gasteiger partial charge in [0.25, 0.3) is 0 Å². The van der Waals surface area contributed by atoms with Crippen molar-refractivity contribution in [2.75, 3.05) is 20.1 Å². The Bertz CT molecular complexity index is 199. The summed E-state index contributed by atoms with van der Waals surface area (Å²) in [5, 5.41) is 3.47. The van der Waals surface area contributed by atoms with Crippen LogP contribution >= 0.6 is 0 Å². The van der Waals surface area contributed by atoms with Crippen molar-refractivity contribution in [3.8, 4) is 0 Å². The lowest BCUT2D eigenvalue weighted by Gasteiger charge is -2.40. The highest BCUT2D eigenvalue weighted by Gasteiger charge is 2.32. The molecule has 1 aliphatic carbocycles. The number of rotatable bonds is 4. The zero-order chi connectivity index (χ0) is 10.8. The van der Waals surface area contributed by atoms with Crippen LogP contribution in [0.2, 0.25) is 0 Å². The molecule has 2 heteroatoms. The molecule has 0 bridgehead atoms. The minimum absolute atomic E-state index is 0.711. The van der Waals surface area contributed by atoms with Crippen LogP contribution in [-0.2, 0) is 0 Å². The molecule has 1 saturated carbocycles. The van der Waals surface area contributed by atoms with Gasteiger partial charge in [0, 0.05) is 25.2 Å². The number of nitrogens with one attached hydrogen (secondary N) is 1. The standard InChI is InChI=1S/C13H26N2/c1-10(2)15-8-12(6-11-4-5-11)7-13(9-15)14-3/h10-14H,4-9H2,1-3H3. The largest absolute Gasteiger partial charge is 0.316 e. The summed E-state index contributed by atoms with van der Waals surface area (Å²) >= 11 is 0. The van der Waals surface area contributed by atoms with Gasteiger partial charge in [0.1, 0.15) is 0 Å². The summed E-state index contributed by atoms with van der Waals surface area (Å²) in [5.74, 6) is 2.03. The Labute approximate surface area is 94.4 Å². The molecule has 0 aromatic heterocycles. The fourth-order valence-electron chi connectivity index (χ4n) is 2.87. The van der Waals surface area contributed by atoms with E-state index in [2.05, 4.69) is 31.1 Å². The third-order valence-corrected chi connectivity index (χ3v) is 4.07. The van der Waals surface area contributed by atoms with Crippen molar-refractivity contribution in [2.45, 2.75) is 51.6 Å². The molecule has 88 valence electrons. The molecule has 2 atom stereocenters. The van der Waals surface area contributed by atoms with E-state index in [1.807, 2.05) is 0 Å². The quantitative estimate of drug-likeness (QED) is 0.764. The predicted octanol–water partition coefficient (Wildman–Crippen LogP) is 2.10. The van der Waals surface area contributed by atoms with Gasteiger partial charge in [-0.3, -0.25) is 4.90 Å². The highest BCUT2D eigenvalue weighted by molar-refractivity contribution is 4.87. The van der Waals surface area contributed by atoms with Crippen molar-refractivity contribution >= 4 is 0 Å². The molecule has 1 heterocycles. The first kappa shape index (κ1) is 11.4. The molecule has 0 aromatic rings. The molecule has 2 rings (SSSR count). The number of nitrogens with zero attached hydrogens (tertiary/aromatic N) is 1. The van der Waals surface area contributed by atoms with Crippen LogP contribution in [0, 0.1) is 11.8 Å². The van der Waals surface area contributed by atoms with Crippen LogP contribution in [0.15, 0.2) is 0 Å². The van der Waals surface area contributed by atoms with E-state index in [9.17, 15) is 0 Å². The first-order valence-electron chi connectivity index (χ1n) is 6.60. The predicted molar refractivity (Wildman–Crippen MR) is 65.0 cm³/mol. The van der Waals surface area contributed by atoms with Crippen LogP contribution in [0.25, 0.3) is 0 Å². The molecular weight excluding hydrogens is 184 g/mol. The van der Waals surface area contributed by atoms with Gasteiger partial charge in [0.15, 0.2) is 0 Å². The van der Waals surface area contributed by atoms with Gasteiger partial charge >= 0.3 is 0 Å². The van der Waals surface area contributed by atoms with E-state index in [1.54, 1.807) is 0 Å². The molecule has 2 aliphatic rings. The third-order valence-electron chi connectivity index (χ3n) is 4.07. The molecule has 15 heavy (non-hydrogen) atoms. The topological polar surface area (TPSA) is 15.3 Å². The van der Waals surface area contributed by atoms with Crippen LogP contribution in [0.1, 0.15) is 39.5 Å². The summed E-state index contributed by atoms with van der Waals surface area (Å²) < 4.78 is 0. The zero-order valence-electron chi connectivity index (χ0n) is 10.5. The third kappa shape index (κ3) is 3.18. The number of likely N-dealkylation sites (N-methyl/N-ethyl adjacent to an activating group) is 1. The molecule has 2 unspecified atom stereocenters. The van der Waals surface area contributed by atoms with Gasteiger partial charge in [-0.15, -0.1) is 0 Å². The van der Waals surface area contributed by atoms with E-state index in [0.29, 0.717) is 6.04 Å². The first-order valence-corrected chi connectivity index (χ1v) is 6.60. The Balaban J connectivity index is 1.87. The smallest absolute Gasteiger partial charge is 0.0195 e. The molecule has 1 aliphatic heterocycles. The van der Waals surface area contributed by atoms with Crippen molar-refractivity contribution in [2.24, 2.45) is 11.8 Å². The second kappa shape index (κ2) is 4.84. The summed E-state index contributed by atoms with van der Waals surface area (Å²) in [5.41, 5.74) is 0. The Hall–Kier alpha value is -0.0800. The van der Waals surface area contributed by atoms with Gasteiger partial charge in [0.2, 0.25) is 0 Å². The number of hydrogen-bond donors (Lipinski definition) is 1. The second-order valence-corrected chi connectivity index (χ2v) is 5.81. The van der Waals surface area contributed by atoms with E-state index in [0.717, 1.165) is 17.9 Å². The summed E-state index contributed by atoms with van der Waals surface area (Å²) in [4.78, 5) is 2.65. The van der Waals surface area contributed by atoms with E-state index >= 15 is 0 Å². The van der Waals surface area contributed by atoms with Gasteiger partial charge < -0.3 is 5.32 Å². The lowest BCUT2D eigenvalue weighted by atomic mass is 9.89. The Morgan fingerprint density at radius 2 is 1.93 bits per heavy atom. The van der Waals surface area contributed by atoms with Crippen molar-refractivity contribution in [1.82, 2.24) is 10.2 Å². The van der Waals surface area contributed by atoms with E-state index in [-0.39, 0.29) is 0 Å². The van der Waals surface area contributed by atoms with Crippen molar-refractivity contribution < 1.29 is 0 Å². The Morgan fingerprint density at radius 1 is 1.20 bits per heavy atom.